The van der Waals surface area contributed by atoms with E-state index < -0.39 is 5.91 Å². The van der Waals surface area contributed by atoms with Crippen LogP contribution in [-0.2, 0) is 4.79 Å². The molecule has 0 radical (unpaired) electrons. The van der Waals surface area contributed by atoms with E-state index in [0.717, 1.165) is 11.1 Å². The van der Waals surface area contributed by atoms with E-state index in [1.54, 1.807) is 30.5 Å². The molecule has 0 heterocycles. The second-order valence-electron chi connectivity index (χ2n) is 5.28. The Bertz CT molecular complexity index is 784. The Morgan fingerprint density at radius 1 is 1.08 bits per heavy atom. The molecule has 0 aliphatic carbocycles. The predicted octanol–water partition coefficient (Wildman–Crippen LogP) is 3.28. The van der Waals surface area contributed by atoms with Crippen LogP contribution in [0.5, 0.6) is 0 Å². The summed E-state index contributed by atoms with van der Waals surface area (Å²) in [5.74, 6) is -0.762. The largest absolute Gasteiger partial charge is 0.343 e. The average molecular weight is 356 g/mol. The predicted molar refractivity (Wildman–Crippen MR) is 101 cm³/mol. The van der Waals surface area contributed by atoms with Crippen LogP contribution in [0.4, 0.5) is 0 Å². The van der Waals surface area contributed by atoms with Gasteiger partial charge in [-0.2, -0.15) is 5.10 Å². The molecule has 2 aromatic rings. The summed E-state index contributed by atoms with van der Waals surface area (Å²) >= 11 is 5.76. The van der Waals surface area contributed by atoms with Crippen molar-refractivity contribution < 1.29 is 9.59 Å². The third kappa shape index (κ3) is 6.61. The van der Waals surface area contributed by atoms with Crippen molar-refractivity contribution in [2.24, 2.45) is 5.10 Å². The smallest absolute Gasteiger partial charge is 0.259 e. The minimum Gasteiger partial charge on any atom is -0.343 e. The molecule has 128 valence electrons. The second kappa shape index (κ2) is 9.39. The molecule has 0 saturated carbocycles. The molecule has 25 heavy (non-hydrogen) atoms. The SMILES string of the molecule is CC(/C=N\NC(=O)CNC(=O)c1ccc(Cl)cc1)=C\c1ccccc1. The lowest BCUT2D eigenvalue weighted by Gasteiger charge is -2.04. The van der Waals surface area contributed by atoms with Crippen LogP contribution in [-0.4, -0.2) is 24.6 Å². The molecule has 2 rings (SSSR count). The maximum absolute atomic E-state index is 11.9. The molecule has 0 spiro atoms. The molecule has 2 aromatic carbocycles. The Morgan fingerprint density at radius 2 is 1.76 bits per heavy atom. The first-order chi connectivity index (χ1) is 12.0. The van der Waals surface area contributed by atoms with Crippen LogP contribution in [0.2, 0.25) is 5.02 Å². The minimum atomic E-state index is -0.411. The highest BCUT2D eigenvalue weighted by Gasteiger charge is 2.07. The van der Waals surface area contributed by atoms with Gasteiger partial charge in [0.25, 0.3) is 11.8 Å². The van der Waals surface area contributed by atoms with Crippen molar-refractivity contribution >= 4 is 35.7 Å². The van der Waals surface area contributed by atoms with Crippen molar-refractivity contribution in [1.82, 2.24) is 10.7 Å². The molecule has 0 fully saturated rings. The number of hydrogen-bond donors (Lipinski definition) is 2. The Hall–Kier alpha value is -2.92. The van der Waals surface area contributed by atoms with Gasteiger partial charge in [-0.15, -0.1) is 0 Å². The molecule has 6 heteroatoms. The number of carbonyl (C=O) groups excluding carboxylic acids is 2. The second-order valence-corrected chi connectivity index (χ2v) is 5.72. The first kappa shape index (κ1) is 18.4. The van der Waals surface area contributed by atoms with Crippen LogP contribution in [0.15, 0.2) is 65.3 Å². The van der Waals surface area contributed by atoms with Crippen molar-refractivity contribution in [2.45, 2.75) is 6.92 Å². The van der Waals surface area contributed by atoms with Crippen LogP contribution in [0, 0.1) is 0 Å². The van der Waals surface area contributed by atoms with Gasteiger partial charge in [0.2, 0.25) is 0 Å². The Morgan fingerprint density at radius 3 is 2.44 bits per heavy atom. The van der Waals surface area contributed by atoms with E-state index in [2.05, 4.69) is 15.8 Å². The fourth-order valence-corrected chi connectivity index (χ4v) is 2.08. The quantitative estimate of drug-likeness (QED) is 0.616. The number of hydrogen-bond acceptors (Lipinski definition) is 3. The van der Waals surface area contributed by atoms with Crippen LogP contribution >= 0.6 is 11.6 Å². The van der Waals surface area contributed by atoms with Gasteiger partial charge in [-0.3, -0.25) is 9.59 Å². The number of benzene rings is 2. The topological polar surface area (TPSA) is 70.6 Å². The number of carbonyl (C=O) groups is 2. The molecule has 0 aliphatic rings. The zero-order valence-corrected chi connectivity index (χ0v) is 14.5. The molecule has 0 atom stereocenters. The number of allylic oxidation sites excluding steroid dienone is 1. The van der Waals surface area contributed by atoms with E-state index in [0.29, 0.717) is 10.6 Å². The van der Waals surface area contributed by atoms with Gasteiger partial charge in [-0.25, -0.2) is 5.43 Å². The summed E-state index contributed by atoms with van der Waals surface area (Å²) in [6, 6.07) is 16.2. The normalized spacial score (nSPS) is 11.4. The monoisotopic (exact) mass is 355 g/mol. The van der Waals surface area contributed by atoms with Gasteiger partial charge < -0.3 is 5.32 Å². The van der Waals surface area contributed by atoms with Crippen molar-refractivity contribution in [3.8, 4) is 0 Å². The van der Waals surface area contributed by atoms with E-state index in [4.69, 9.17) is 11.6 Å². The zero-order valence-electron chi connectivity index (χ0n) is 13.7. The number of nitrogens with zero attached hydrogens (tertiary/aromatic N) is 1. The first-order valence-electron chi connectivity index (χ1n) is 7.63. The summed E-state index contributed by atoms with van der Waals surface area (Å²) < 4.78 is 0. The molecule has 2 N–H and O–H groups in total. The summed E-state index contributed by atoms with van der Waals surface area (Å²) in [7, 11) is 0. The first-order valence-corrected chi connectivity index (χ1v) is 8.01. The average Bonchev–Trinajstić information content (AvgIpc) is 2.61. The fraction of sp³-hybridized carbons (Fsp3) is 0.105. The van der Waals surface area contributed by atoms with Crippen molar-refractivity contribution in [3.63, 3.8) is 0 Å². The number of hydrazone groups is 1. The summed E-state index contributed by atoms with van der Waals surface area (Å²) in [6.45, 7) is 1.71. The highest BCUT2D eigenvalue weighted by Crippen LogP contribution is 2.09. The van der Waals surface area contributed by atoms with Gasteiger partial charge >= 0.3 is 0 Å². The minimum absolute atomic E-state index is 0.166. The van der Waals surface area contributed by atoms with Crippen LogP contribution in [0.1, 0.15) is 22.8 Å². The summed E-state index contributed by atoms with van der Waals surface area (Å²) in [5, 5.41) is 6.93. The maximum atomic E-state index is 11.9. The molecule has 0 aromatic heterocycles. The standard InChI is InChI=1S/C19H18ClN3O2/c1-14(11-15-5-3-2-4-6-15)12-22-23-18(24)13-21-19(25)16-7-9-17(20)10-8-16/h2-12H,13H2,1H3,(H,21,25)(H,23,24)/b14-11+,22-12-. The zero-order chi connectivity index (χ0) is 18.1. The number of amides is 2. The maximum Gasteiger partial charge on any atom is 0.259 e. The molecule has 0 unspecified atom stereocenters. The number of halogens is 1. The van der Waals surface area contributed by atoms with Gasteiger partial charge in [0, 0.05) is 10.6 Å². The van der Waals surface area contributed by atoms with Gasteiger partial charge in [0.15, 0.2) is 0 Å². The van der Waals surface area contributed by atoms with E-state index in [-0.39, 0.29) is 12.5 Å². The van der Waals surface area contributed by atoms with Crippen LogP contribution < -0.4 is 10.7 Å². The molecule has 0 aliphatic heterocycles. The van der Waals surface area contributed by atoms with Crippen molar-refractivity contribution in [3.05, 3.63) is 76.3 Å². The third-order valence-electron chi connectivity index (χ3n) is 3.17. The highest BCUT2D eigenvalue weighted by atomic mass is 35.5. The lowest BCUT2D eigenvalue weighted by atomic mass is 10.1. The molecular formula is C19H18ClN3O2. The summed E-state index contributed by atoms with van der Waals surface area (Å²) in [4.78, 5) is 23.6. The fourth-order valence-electron chi connectivity index (χ4n) is 1.96. The van der Waals surface area contributed by atoms with E-state index in [9.17, 15) is 9.59 Å². The van der Waals surface area contributed by atoms with Gasteiger partial charge in [-0.1, -0.05) is 48.0 Å². The van der Waals surface area contributed by atoms with E-state index in [1.165, 1.54) is 0 Å². The van der Waals surface area contributed by atoms with Gasteiger partial charge in [-0.05, 0) is 42.3 Å². The number of rotatable bonds is 6. The van der Waals surface area contributed by atoms with Gasteiger partial charge in [0.1, 0.15) is 0 Å². The molecule has 0 bridgehead atoms. The lowest BCUT2D eigenvalue weighted by Crippen LogP contribution is -2.34. The van der Waals surface area contributed by atoms with Crippen LogP contribution in [0.25, 0.3) is 6.08 Å². The number of nitrogens with one attached hydrogen (secondary N) is 2. The third-order valence-corrected chi connectivity index (χ3v) is 3.42. The van der Waals surface area contributed by atoms with E-state index >= 15 is 0 Å². The Kier molecular flexibility index (Phi) is 6.92. The molecule has 5 nitrogen and oxygen atoms in total. The van der Waals surface area contributed by atoms with Gasteiger partial charge in [0.05, 0.1) is 12.8 Å². The molecule has 0 saturated heterocycles. The lowest BCUT2D eigenvalue weighted by molar-refractivity contribution is -0.120. The Balaban J connectivity index is 1.77. The van der Waals surface area contributed by atoms with Crippen LogP contribution in [0.3, 0.4) is 0 Å². The molecular weight excluding hydrogens is 338 g/mol. The van der Waals surface area contributed by atoms with E-state index in [1.807, 2.05) is 43.3 Å². The summed E-state index contributed by atoms with van der Waals surface area (Å²) in [5.41, 5.74) is 4.74. The van der Waals surface area contributed by atoms with Crippen molar-refractivity contribution in [1.29, 1.82) is 0 Å². The molecule has 2 amide bonds. The highest BCUT2D eigenvalue weighted by molar-refractivity contribution is 6.30. The summed E-state index contributed by atoms with van der Waals surface area (Å²) in [6.07, 6.45) is 3.49. The Labute approximate surface area is 151 Å². The van der Waals surface area contributed by atoms with Crippen molar-refractivity contribution in [2.75, 3.05) is 6.54 Å².